The molecule has 0 heterocycles. The normalized spacial score (nSPS) is 13.2. The number of allylic oxidation sites excluding steroid dienone is 1. The molecule has 1 atom stereocenters. The van der Waals surface area contributed by atoms with E-state index in [0.717, 1.165) is 5.57 Å². The van der Waals surface area contributed by atoms with Gasteiger partial charge in [-0.05, 0) is 33.0 Å². The first-order valence-corrected chi connectivity index (χ1v) is 12.1. The van der Waals surface area contributed by atoms with E-state index < -0.39 is 8.07 Å². The highest BCUT2D eigenvalue weighted by atomic mass is 28.3. The highest BCUT2D eigenvalue weighted by molar-refractivity contribution is 6.90. The number of hydrogen-bond donors (Lipinski definition) is 0. The van der Waals surface area contributed by atoms with Gasteiger partial charge < -0.3 is 0 Å². The molecule has 2 aromatic rings. The molecule has 1 unspecified atom stereocenters. The van der Waals surface area contributed by atoms with E-state index in [2.05, 4.69) is 109 Å². The molecule has 0 fully saturated rings. The third-order valence-electron chi connectivity index (χ3n) is 6.12. The van der Waals surface area contributed by atoms with E-state index in [4.69, 9.17) is 0 Å². The van der Waals surface area contributed by atoms with Gasteiger partial charge in [0.25, 0.3) is 0 Å². The van der Waals surface area contributed by atoms with Crippen LogP contribution in [0.4, 0.5) is 0 Å². The minimum Gasteiger partial charge on any atom is -0.125 e. The molecule has 138 valence electrons. The number of benzene rings is 2. The van der Waals surface area contributed by atoms with Crippen LogP contribution in [0.15, 0.2) is 54.6 Å². The molecule has 2 aromatic carbocycles. The van der Waals surface area contributed by atoms with E-state index in [-0.39, 0.29) is 5.92 Å². The highest BCUT2D eigenvalue weighted by Gasteiger charge is 2.41. The summed E-state index contributed by atoms with van der Waals surface area (Å²) >= 11 is 0. The van der Waals surface area contributed by atoms with Crippen molar-refractivity contribution < 1.29 is 0 Å². The molecule has 0 nitrogen and oxygen atoms in total. The predicted molar refractivity (Wildman–Crippen MR) is 120 cm³/mol. The first-order chi connectivity index (χ1) is 12.2. The lowest BCUT2D eigenvalue weighted by Gasteiger charge is -2.38. The number of hydrogen-bond acceptors (Lipinski definition) is 0. The minimum absolute atomic E-state index is 0.242. The van der Waals surface area contributed by atoms with Crippen molar-refractivity contribution in [2.45, 2.75) is 71.0 Å². The van der Waals surface area contributed by atoms with Gasteiger partial charge in [-0.2, -0.15) is 0 Å². The summed E-state index contributed by atoms with van der Waals surface area (Å²) in [6.45, 7) is 20.8. The monoisotopic (exact) mass is 362 g/mol. The summed E-state index contributed by atoms with van der Waals surface area (Å²) < 4.78 is 0. The van der Waals surface area contributed by atoms with Crippen LogP contribution >= 0.6 is 0 Å². The van der Waals surface area contributed by atoms with Crippen LogP contribution in [0.2, 0.25) is 16.6 Å². The van der Waals surface area contributed by atoms with Gasteiger partial charge in [-0.15, -0.1) is 5.54 Å². The molecule has 0 radical (unpaired) electrons. The first kappa shape index (κ1) is 20.5. The molecule has 0 saturated carbocycles. The molecule has 0 bridgehead atoms. The summed E-state index contributed by atoms with van der Waals surface area (Å²) in [6.07, 6.45) is 0. The zero-order chi connectivity index (χ0) is 19.5. The summed E-state index contributed by atoms with van der Waals surface area (Å²) in [4.78, 5) is 0. The Morgan fingerprint density at radius 3 is 1.92 bits per heavy atom. The van der Waals surface area contributed by atoms with Crippen LogP contribution < -0.4 is 0 Å². The third kappa shape index (κ3) is 3.81. The SMILES string of the molecule is C=C(C#C[Si](C(C)C)(C(C)C)C(C)C)C(C)c1cccc2ccccc12. The van der Waals surface area contributed by atoms with Gasteiger partial charge in [0.15, 0.2) is 0 Å². The van der Waals surface area contributed by atoms with Gasteiger partial charge in [0.1, 0.15) is 8.07 Å². The zero-order valence-corrected chi connectivity index (χ0v) is 18.6. The van der Waals surface area contributed by atoms with Crippen molar-refractivity contribution in [1.29, 1.82) is 0 Å². The number of rotatable bonds is 5. The Balaban J connectivity index is 2.42. The summed E-state index contributed by atoms with van der Waals surface area (Å²) in [5.41, 5.74) is 8.13. The van der Waals surface area contributed by atoms with Crippen molar-refractivity contribution in [3.63, 3.8) is 0 Å². The van der Waals surface area contributed by atoms with Crippen LogP contribution in [0, 0.1) is 11.5 Å². The van der Waals surface area contributed by atoms with Crippen molar-refractivity contribution in [1.82, 2.24) is 0 Å². The lowest BCUT2D eigenvalue weighted by Crippen LogP contribution is -2.43. The molecule has 0 aliphatic carbocycles. The molecule has 0 saturated heterocycles. The Bertz CT molecular complexity index is 803. The maximum absolute atomic E-state index is 4.37. The van der Waals surface area contributed by atoms with E-state index in [0.29, 0.717) is 16.6 Å². The fourth-order valence-electron chi connectivity index (χ4n) is 4.55. The second-order valence-corrected chi connectivity index (χ2v) is 14.0. The molecule has 0 aliphatic heterocycles. The standard InChI is InChI=1S/C25H34Si/c1-18(2)26(19(3)4,20(5)6)17-16-21(7)22(8)24-15-11-13-23-12-9-10-14-25(23)24/h9-15,18-20,22H,7H2,1-6,8H3. The Hall–Kier alpha value is -1.78. The molecule has 0 aromatic heterocycles. The van der Waals surface area contributed by atoms with E-state index in [1.165, 1.54) is 16.3 Å². The van der Waals surface area contributed by atoms with Crippen LogP contribution in [-0.4, -0.2) is 8.07 Å². The maximum atomic E-state index is 4.37. The van der Waals surface area contributed by atoms with Crippen LogP contribution in [0.25, 0.3) is 10.8 Å². The lowest BCUT2D eigenvalue weighted by molar-refractivity contribution is 0.838. The number of fused-ring (bicyclic) bond motifs is 1. The summed E-state index contributed by atoms with van der Waals surface area (Å²) in [7, 11) is -1.71. The summed E-state index contributed by atoms with van der Waals surface area (Å²) in [6, 6.07) is 15.1. The Morgan fingerprint density at radius 1 is 0.808 bits per heavy atom. The minimum atomic E-state index is -1.71. The molecule has 1 heteroatoms. The van der Waals surface area contributed by atoms with Crippen LogP contribution in [0.3, 0.4) is 0 Å². The fourth-order valence-corrected chi connectivity index (χ4v) is 9.79. The van der Waals surface area contributed by atoms with Crippen molar-refractivity contribution >= 4 is 18.8 Å². The Labute approximate surface area is 161 Å². The van der Waals surface area contributed by atoms with E-state index in [9.17, 15) is 0 Å². The fraction of sp³-hybridized carbons (Fsp3) is 0.440. The van der Waals surface area contributed by atoms with Crippen molar-refractivity contribution in [2.24, 2.45) is 0 Å². The predicted octanol–water partition coefficient (Wildman–Crippen LogP) is 7.72. The Kier molecular flexibility index (Phi) is 6.53. The van der Waals surface area contributed by atoms with E-state index in [1.54, 1.807) is 0 Å². The van der Waals surface area contributed by atoms with Gasteiger partial charge in [-0.25, -0.2) is 0 Å². The lowest BCUT2D eigenvalue weighted by atomic mass is 9.90. The van der Waals surface area contributed by atoms with Gasteiger partial charge in [-0.3, -0.25) is 0 Å². The van der Waals surface area contributed by atoms with Gasteiger partial charge in [0.05, 0.1) is 0 Å². The van der Waals surface area contributed by atoms with Crippen LogP contribution in [0.5, 0.6) is 0 Å². The first-order valence-electron chi connectivity index (χ1n) is 9.91. The second kappa shape index (κ2) is 8.27. The zero-order valence-electron chi connectivity index (χ0n) is 17.6. The maximum Gasteiger partial charge on any atom is 0.146 e. The molecule has 0 aliphatic rings. The molecular formula is C25H34Si. The van der Waals surface area contributed by atoms with Gasteiger partial charge in [-0.1, -0.05) is 103 Å². The largest absolute Gasteiger partial charge is 0.146 e. The summed E-state index contributed by atoms with van der Waals surface area (Å²) in [5.74, 6) is 3.79. The van der Waals surface area contributed by atoms with Gasteiger partial charge in [0.2, 0.25) is 0 Å². The van der Waals surface area contributed by atoms with E-state index in [1.807, 2.05) is 0 Å². The summed E-state index contributed by atoms with van der Waals surface area (Å²) in [5, 5.41) is 2.60. The molecular weight excluding hydrogens is 328 g/mol. The van der Waals surface area contributed by atoms with Crippen LogP contribution in [0.1, 0.15) is 59.9 Å². The quantitative estimate of drug-likeness (QED) is 0.377. The van der Waals surface area contributed by atoms with Gasteiger partial charge in [0, 0.05) is 11.5 Å². The molecule has 2 rings (SSSR count). The Morgan fingerprint density at radius 2 is 1.35 bits per heavy atom. The average molecular weight is 363 g/mol. The third-order valence-corrected chi connectivity index (χ3v) is 12.4. The van der Waals surface area contributed by atoms with Crippen molar-refractivity contribution in [3.8, 4) is 11.5 Å². The second-order valence-electron chi connectivity index (χ2n) is 8.46. The van der Waals surface area contributed by atoms with Crippen molar-refractivity contribution in [3.05, 3.63) is 60.2 Å². The topological polar surface area (TPSA) is 0 Å². The van der Waals surface area contributed by atoms with E-state index >= 15 is 0 Å². The average Bonchev–Trinajstić information content (AvgIpc) is 2.60. The van der Waals surface area contributed by atoms with Gasteiger partial charge >= 0.3 is 0 Å². The van der Waals surface area contributed by atoms with Crippen molar-refractivity contribution in [2.75, 3.05) is 0 Å². The molecule has 0 amide bonds. The molecule has 0 spiro atoms. The van der Waals surface area contributed by atoms with Crippen LogP contribution in [-0.2, 0) is 0 Å². The molecule has 26 heavy (non-hydrogen) atoms. The molecule has 0 N–H and O–H groups in total. The smallest absolute Gasteiger partial charge is 0.125 e. The highest BCUT2D eigenvalue weighted by Crippen LogP contribution is 2.41.